The van der Waals surface area contributed by atoms with E-state index in [1.807, 2.05) is 23.1 Å². The van der Waals surface area contributed by atoms with Crippen molar-refractivity contribution in [2.24, 2.45) is 0 Å². The maximum atomic E-state index is 14.0. The minimum Gasteiger partial charge on any atom is -0.367 e. The predicted molar refractivity (Wildman–Crippen MR) is 100 cm³/mol. The van der Waals surface area contributed by atoms with Gasteiger partial charge in [0.25, 0.3) is 0 Å². The van der Waals surface area contributed by atoms with Crippen LogP contribution >= 0.6 is 0 Å². The highest BCUT2D eigenvalue weighted by Crippen LogP contribution is 2.25. The summed E-state index contributed by atoms with van der Waals surface area (Å²) in [5, 5.41) is 0. The normalized spacial score (nSPS) is 17.2. The van der Waals surface area contributed by atoms with E-state index in [0.717, 1.165) is 11.8 Å². The molecule has 0 aliphatic carbocycles. The zero-order valence-electron chi connectivity index (χ0n) is 14.7. The van der Waals surface area contributed by atoms with Crippen molar-refractivity contribution in [3.8, 4) is 0 Å². The summed E-state index contributed by atoms with van der Waals surface area (Å²) >= 11 is 0. The molecule has 1 fully saturated rings. The van der Waals surface area contributed by atoms with Crippen molar-refractivity contribution in [1.82, 2.24) is 14.6 Å². The number of piperazine rings is 1. The van der Waals surface area contributed by atoms with E-state index in [0.29, 0.717) is 31.9 Å². The second kappa shape index (κ2) is 8.11. The number of aromatic nitrogens is 1. The molecule has 2 heterocycles. The third-order valence-corrected chi connectivity index (χ3v) is 5.25. The van der Waals surface area contributed by atoms with Crippen LogP contribution < -0.4 is 9.62 Å². The Morgan fingerprint density at radius 1 is 1.15 bits per heavy atom. The summed E-state index contributed by atoms with van der Waals surface area (Å²) in [5.41, 5.74) is 1.57. The summed E-state index contributed by atoms with van der Waals surface area (Å²) in [7, 11) is -3.28. The molecule has 1 atom stereocenters. The molecule has 2 aromatic rings. The first-order chi connectivity index (χ1) is 12.4. The van der Waals surface area contributed by atoms with Crippen molar-refractivity contribution in [3.05, 3.63) is 60.2 Å². The maximum absolute atomic E-state index is 14.0. The highest BCUT2D eigenvalue weighted by Gasteiger charge is 2.26. The Labute approximate surface area is 153 Å². The average molecular weight is 378 g/mol. The lowest BCUT2D eigenvalue weighted by Gasteiger charge is -2.40. The average Bonchev–Trinajstić information content (AvgIpc) is 2.63. The van der Waals surface area contributed by atoms with Crippen LogP contribution in [0.25, 0.3) is 0 Å². The number of para-hydroxylation sites is 1. The molecule has 0 saturated carbocycles. The zero-order valence-corrected chi connectivity index (χ0v) is 15.5. The van der Waals surface area contributed by atoms with Gasteiger partial charge >= 0.3 is 0 Å². The van der Waals surface area contributed by atoms with Gasteiger partial charge in [0.1, 0.15) is 5.82 Å². The number of halogens is 1. The van der Waals surface area contributed by atoms with E-state index in [4.69, 9.17) is 0 Å². The third-order valence-electron chi connectivity index (χ3n) is 4.56. The molecule has 0 amide bonds. The number of rotatable bonds is 6. The van der Waals surface area contributed by atoms with Gasteiger partial charge in [-0.1, -0.05) is 18.2 Å². The molecular weight excluding hydrogens is 355 g/mol. The second-order valence-electron chi connectivity index (χ2n) is 6.40. The summed E-state index contributed by atoms with van der Waals surface area (Å²) in [5.74, 6) is -0.219. The van der Waals surface area contributed by atoms with E-state index in [1.165, 1.54) is 6.07 Å². The maximum Gasteiger partial charge on any atom is 0.208 e. The smallest absolute Gasteiger partial charge is 0.208 e. The molecule has 1 aliphatic rings. The molecular formula is C18H23FN4O2S. The van der Waals surface area contributed by atoms with Crippen LogP contribution in [0.4, 0.5) is 10.1 Å². The van der Waals surface area contributed by atoms with Gasteiger partial charge in [-0.3, -0.25) is 9.88 Å². The van der Waals surface area contributed by atoms with Crippen molar-refractivity contribution >= 4 is 15.7 Å². The molecule has 0 radical (unpaired) electrons. The summed E-state index contributed by atoms with van der Waals surface area (Å²) in [6.45, 7) is 3.05. The Morgan fingerprint density at radius 2 is 1.88 bits per heavy atom. The highest BCUT2D eigenvalue weighted by molar-refractivity contribution is 7.88. The van der Waals surface area contributed by atoms with Gasteiger partial charge in [0, 0.05) is 51.2 Å². The summed E-state index contributed by atoms with van der Waals surface area (Å²) in [6, 6.07) is 10.5. The van der Waals surface area contributed by atoms with Gasteiger partial charge in [-0.2, -0.15) is 0 Å². The molecule has 6 nitrogen and oxygen atoms in total. The third kappa shape index (κ3) is 4.78. The fraction of sp³-hybridized carbons (Fsp3) is 0.389. The summed E-state index contributed by atoms with van der Waals surface area (Å²) in [4.78, 5) is 8.39. The van der Waals surface area contributed by atoms with Crippen LogP contribution in [0.3, 0.4) is 0 Å². The summed E-state index contributed by atoms with van der Waals surface area (Å²) < 4.78 is 39.7. The van der Waals surface area contributed by atoms with Gasteiger partial charge in [-0.15, -0.1) is 0 Å². The number of nitrogens with one attached hydrogen (secondary N) is 1. The lowest BCUT2D eigenvalue weighted by atomic mass is 10.1. The van der Waals surface area contributed by atoms with E-state index in [2.05, 4.69) is 14.6 Å². The van der Waals surface area contributed by atoms with Crippen LogP contribution in [-0.4, -0.2) is 57.3 Å². The zero-order chi connectivity index (χ0) is 18.6. The second-order valence-corrected chi connectivity index (χ2v) is 8.23. The Kier molecular flexibility index (Phi) is 5.85. The molecule has 0 spiro atoms. The van der Waals surface area contributed by atoms with Gasteiger partial charge < -0.3 is 4.90 Å². The summed E-state index contributed by atoms with van der Waals surface area (Å²) in [6.07, 6.45) is 4.61. The first kappa shape index (κ1) is 18.8. The van der Waals surface area contributed by atoms with Crippen LogP contribution in [0.5, 0.6) is 0 Å². The van der Waals surface area contributed by atoms with Gasteiger partial charge in [0.05, 0.1) is 11.9 Å². The number of nitrogens with zero attached hydrogens (tertiary/aromatic N) is 3. The Hall–Kier alpha value is -2.03. The van der Waals surface area contributed by atoms with Crippen LogP contribution in [-0.2, 0) is 10.0 Å². The Bertz CT molecular complexity index is 824. The van der Waals surface area contributed by atoms with Gasteiger partial charge in [0.2, 0.25) is 10.0 Å². The quantitative estimate of drug-likeness (QED) is 0.828. The van der Waals surface area contributed by atoms with Crippen LogP contribution in [0.2, 0.25) is 0 Å². The molecule has 1 N–H and O–H groups in total. The topological polar surface area (TPSA) is 65.5 Å². The molecule has 1 aromatic carbocycles. The minimum absolute atomic E-state index is 0.110. The monoisotopic (exact) mass is 378 g/mol. The predicted octanol–water partition coefficient (Wildman–Crippen LogP) is 1.63. The lowest BCUT2D eigenvalue weighted by molar-refractivity contribution is 0.186. The standard InChI is InChI=1S/C18H23FN4O2S/c1-26(24,25)21-14-18(15-5-4-8-20-13-15)23-11-9-22(10-12-23)17-7-3-2-6-16(17)19/h2-8,13,18,21H,9-12,14H2,1H3/t18-/m0/s1. The van der Waals surface area contributed by atoms with Crippen molar-refractivity contribution in [3.63, 3.8) is 0 Å². The molecule has 26 heavy (non-hydrogen) atoms. The highest BCUT2D eigenvalue weighted by atomic mass is 32.2. The van der Waals surface area contributed by atoms with Gasteiger partial charge in [0.15, 0.2) is 0 Å². The van der Waals surface area contributed by atoms with Crippen molar-refractivity contribution in [2.75, 3.05) is 43.9 Å². The fourth-order valence-electron chi connectivity index (χ4n) is 3.24. The molecule has 0 unspecified atom stereocenters. The molecule has 8 heteroatoms. The van der Waals surface area contributed by atoms with E-state index in [1.54, 1.807) is 24.5 Å². The number of pyridine rings is 1. The molecule has 3 rings (SSSR count). The van der Waals surface area contributed by atoms with Gasteiger partial charge in [-0.25, -0.2) is 17.5 Å². The Balaban J connectivity index is 1.71. The SMILES string of the molecule is CS(=O)(=O)NC[C@@H](c1cccnc1)N1CCN(c2ccccc2F)CC1. The number of anilines is 1. The molecule has 1 aliphatic heterocycles. The molecule has 1 saturated heterocycles. The molecule has 1 aromatic heterocycles. The number of hydrogen-bond donors (Lipinski definition) is 1. The minimum atomic E-state index is -3.28. The van der Waals surface area contributed by atoms with Crippen LogP contribution in [0.1, 0.15) is 11.6 Å². The lowest BCUT2D eigenvalue weighted by Crippen LogP contribution is -2.50. The molecule has 140 valence electrons. The molecule has 0 bridgehead atoms. The fourth-order valence-corrected chi connectivity index (χ4v) is 3.70. The van der Waals surface area contributed by atoms with Crippen molar-refractivity contribution in [1.29, 1.82) is 0 Å². The van der Waals surface area contributed by atoms with Gasteiger partial charge in [-0.05, 0) is 23.8 Å². The van der Waals surface area contributed by atoms with Crippen LogP contribution in [0, 0.1) is 5.82 Å². The van der Waals surface area contributed by atoms with E-state index in [-0.39, 0.29) is 18.4 Å². The van der Waals surface area contributed by atoms with Crippen LogP contribution in [0.15, 0.2) is 48.8 Å². The van der Waals surface area contributed by atoms with E-state index >= 15 is 0 Å². The Morgan fingerprint density at radius 3 is 2.50 bits per heavy atom. The van der Waals surface area contributed by atoms with Crippen molar-refractivity contribution < 1.29 is 12.8 Å². The van der Waals surface area contributed by atoms with E-state index < -0.39 is 10.0 Å². The largest absolute Gasteiger partial charge is 0.367 e. The first-order valence-corrected chi connectivity index (χ1v) is 10.4. The van der Waals surface area contributed by atoms with Crippen molar-refractivity contribution in [2.45, 2.75) is 6.04 Å². The number of hydrogen-bond acceptors (Lipinski definition) is 5. The number of sulfonamides is 1. The van der Waals surface area contributed by atoms with E-state index in [9.17, 15) is 12.8 Å². The first-order valence-electron chi connectivity index (χ1n) is 8.52. The number of benzene rings is 1.